The zero-order valence-electron chi connectivity index (χ0n) is 21.1. The number of benzene rings is 2. The molecule has 0 spiro atoms. The second-order valence-electron chi connectivity index (χ2n) is 8.70. The molecule has 3 aromatic rings. The molecule has 0 radical (unpaired) electrons. The largest absolute Gasteiger partial charge is 0.497 e. The third-order valence-electron chi connectivity index (χ3n) is 5.85. The van der Waals surface area contributed by atoms with Crippen LogP contribution in [-0.4, -0.2) is 60.8 Å². The summed E-state index contributed by atoms with van der Waals surface area (Å²) in [5.74, 6) is 1.65. The van der Waals surface area contributed by atoms with E-state index >= 15 is 0 Å². The van der Waals surface area contributed by atoms with Gasteiger partial charge in [0.2, 0.25) is 5.91 Å². The zero-order valence-corrected chi connectivity index (χ0v) is 21.1. The van der Waals surface area contributed by atoms with Gasteiger partial charge in [-0.3, -0.25) is 4.79 Å². The highest BCUT2D eigenvalue weighted by Gasteiger charge is 2.09. The molecule has 3 rings (SSSR count). The number of hydrogen-bond acceptors (Lipinski definition) is 5. The van der Waals surface area contributed by atoms with Crippen LogP contribution < -0.4 is 14.8 Å². The van der Waals surface area contributed by atoms with Gasteiger partial charge in [-0.05, 0) is 68.8 Å². The molecular formula is C28H36N4O3. The van der Waals surface area contributed by atoms with Gasteiger partial charge >= 0.3 is 0 Å². The summed E-state index contributed by atoms with van der Waals surface area (Å²) < 4.78 is 12.7. The molecular weight excluding hydrogens is 440 g/mol. The van der Waals surface area contributed by atoms with Crippen LogP contribution >= 0.6 is 0 Å². The minimum atomic E-state index is 0.0370. The number of methoxy groups -OCH3 is 2. The lowest BCUT2D eigenvalue weighted by atomic mass is 10.1. The normalized spacial score (nSPS) is 12.1. The van der Waals surface area contributed by atoms with Gasteiger partial charge in [-0.15, -0.1) is 0 Å². The number of ether oxygens (including phenoxy) is 2. The van der Waals surface area contributed by atoms with E-state index in [1.54, 1.807) is 26.7 Å². The first-order chi connectivity index (χ1) is 17.0. The Labute approximate surface area is 208 Å². The fourth-order valence-corrected chi connectivity index (χ4v) is 3.73. The molecule has 1 aromatic heterocycles. The summed E-state index contributed by atoms with van der Waals surface area (Å²) in [6.07, 6.45) is 11.5. The standard InChI is InChI=1S/C28H36N4O3/c1-22(12-15-31(2)16-13-24-18-26(34-3)20-27(19-24)35-4)30-28(33)7-5-6-23-8-10-25(11-9-23)32-17-14-29-21-32/h5-6,8-11,14,17-22H,7,12-13,15-16H2,1-4H3,(H,30,33). The monoisotopic (exact) mass is 476 g/mol. The van der Waals surface area contributed by atoms with E-state index in [0.29, 0.717) is 6.42 Å². The van der Waals surface area contributed by atoms with Crippen LogP contribution in [-0.2, 0) is 11.2 Å². The Morgan fingerprint density at radius 2 is 1.83 bits per heavy atom. The molecule has 1 heterocycles. The van der Waals surface area contributed by atoms with Crippen molar-refractivity contribution in [1.82, 2.24) is 19.8 Å². The molecule has 0 aliphatic rings. The van der Waals surface area contributed by atoms with Gasteiger partial charge in [0, 0.05) is 43.2 Å². The molecule has 1 atom stereocenters. The molecule has 7 heteroatoms. The summed E-state index contributed by atoms with van der Waals surface area (Å²) in [5.41, 5.74) is 3.29. The second-order valence-corrected chi connectivity index (χ2v) is 8.70. The number of likely N-dealkylation sites (N-methyl/N-ethyl adjacent to an activating group) is 1. The molecule has 1 amide bonds. The molecule has 1 unspecified atom stereocenters. The first-order valence-corrected chi connectivity index (χ1v) is 11.9. The Balaban J connectivity index is 1.35. The first kappa shape index (κ1) is 26.0. The number of nitrogens with zero attached hydrogens (tertiary/aromatic N) is 3. The van der Waals surface area contributed by atoms with Gasteiger partial charge in [-0.2, -0.15) is 0 Å². The summed E-state index contributed by atoms with van der Waals surface area (Å²) in [5, 5.41) is 3.09. The Hall–Kier alpha value is -3.58. The van der Waals surface area contributed by atoms with Crippen LogP contribution in [0.15, 0.2) is 67.3 Å². The molecule has 0 saturated heterocycles. The minimum absolute atomic E-state index is 0.0370. The summed E-state index contributed by atoms with van der Waals surface area (Å²) in [6, 6.07) is 14.2. The van der Waals surface area contributed by atoms with Crippen molar-refractivity contribution in [2.24, 2.45) is 0 Å². The predicted octanol–water partition coefficient (Wildman–Crippen LogP) is 4.36. The SMILES string of the molecule is COc1cc(CCN(C)CCC(C)NC(=O)CC=Cc2ccc(-n3ccnc3)cc2)cc(OC)c1. The van der Waals surface area contributed by atoms with Crippen molar-refractivity contribution in [1.29, 1.82) is 0 Å². The van der Waals surface area contributed by atoms with Crippen LogP contribution in [0.2, 0.25) is 0 Å². The van der Waals surface area contributed by atoms with E-state index in [1.807, 2.05) is 65.4 Å². The summed E-state index contributed by atoms with van der Waals surface area (Å²) in [6.45, 7) is 3.87. The fraction of sp³-hybridized carbons (Fsp3) is 0.357. The molecule has 0 aliphatic carbocycles. The molecule has 2 aromatic carbocycles. The number of aromatic nitrogens is 2. The quantitative estimate of drug-likeness (QED) is 0.397. The molecule has 7 nitrogen and oxygen atoms in total. The van der Waals surface area contributed by atoms with Crippen molar-refractivity contribution in [3.05, 3.63) is 78.4 Å². The predicted molar refractivity (Wildman–Crippen MR) is 140 cm³/mol. The lowest BCUT2D eigenvalue weighted by Crippen LogP contribution is -2.35. The van der Waals surface area contributed by atoms with Crippen LogP contribution in [0.5, 0.6) is 11.5 Å². The zero-order chi connectivity index (χ0) is 25.0. The third-order valence-corrected chi connectivity index (χ3v) is 5.85. The first-order valence-electron chi connectivity index (χ1n) is 11.9. The number of carbonyl (C=O) groups excluding carboxylic acids is 1. The van der Waals surface area contributed by atoms with E-state index in [-0.39, 0.29) is 11.9 Å². The number of carbonyl (C=O) groups is 1. The van der Waals surface area contributed by atoms with E-state index in [4.69, 9.17) is 9.47 Å². The van der Waals surface area contributed by atoms with Crippen molar-refractivity contribution in [2.75, 3.05) is 34.4 Å². The van der Waals surface area contributed by atoms with Crippen molar-refractivity contribution < 1.29 is 14.3 Å². The molecule has 0 aliphatic heterocycles. The van der Waals surface area contributed by atoms with Crippen molar-refractivity contribution in [3.63, 3.8) is 0 Å². The van der Waals surface area contributed by atoms with Gasteiger partial charge in [-0.25, -0.2) is 4.98 Å². The Morgan fingerprint density at radius 1 is 1.11 bits per heavy atom. The Kier molecular flexibility index (Phi) is 9.93. The van der Waals surface area contributed by atoms with E-state index < -0.39 is 0 Å². The van der Waals surface area contributed by atoms with Crippen molar-refractivity contribution >= 4 is 12.0 Å². The van der Waals surface area contributed by atoms with Gasteiger partial charge in [0.1, 0.15) is 11.5 Å². The highest BCUT2D eigenvalue weighted by Crippen LogP contribution is 2.22. The van der Waals surface area contributed by atoms with E-state index in [0.717, 1.165) is 48.7 Å². The summed E-state index contributed by atoms with van der Waals surface area (Å²) >= 11 is 0. The average Bonchev–Trinajstić information content (AvgIpc) is 3.41. The molecule has 0 saturated carbocycles. The average molecular weight is 477 g/mol. The smallest absolute Gasteiger partial charge is 0.224 e. The van der Waals surface area contributed by atoms with E-state index in [9.17, 15) is 4.79 Å². The third kappa shape index (κ3) is 8.61. The lowest BCUT2D eigenvalue weighted by molar-refractivity contribution is -0.120. The number of rotatable bonds is 13. The van der Waals surface area contributed by atoms with Crippen molar-refractivity contribution in [2.45, 2.75) is 32.2 Å². The maximum Gasteiger partial charge on any atom is 0.224 e. The summed E-state index contributed by atoms with van der Waals surface area (Å²) in [7, 11) is 5.43. The van der Waals surface area contributed by atoms with Crippen LogP contribution in [0.1, 0.15) is 30.9 Å². The van der Waals surface area contributed by atoms with E-state index in [2.05, 4.69) is 29.2 Å². The topological polar surface area (TPSA) is 68.6 Å². The molecule has 1 N–H and O–H groups in total. The molecule has 186 valence electrons. The summed E-state index contributed by atoms with van der Waals surface area (Å²) in [4.78, 5) is 18.7. The molecule has 0 fully saturated rings. The minimum Gasteiger partial charge on any atom is -0.497 e. The lowest BCUT2D eigenvalue weighted by Gasteiger charge is -2.20. The maximum absolute atomic E-state index is 12.3. The number of hydrogen-bond donors (Lipinski definition) is 1. The Morgan fingerprint density at radius 3 is 2.46 bits per heavy atom. The number of imidazole rings is 1. The van der Waals surface area contributed by atoms with Gasteiger partial charge in [0.05, 0.1) is 20.5 Å². The number of amides is 1. The fourth-order valence-electron chi connectivity index (χ4n) is 3.73. The molecule has 0 bridgehead atoms. The van der Waals surface area contributed by atoms with Gasteiger partial charge in [-0.1, -0.05) is 24.3 Å². The Bertz CT molecular complexity index is 1060. The van der Waals surface area contributed by atoms with Crippen LogP contribution in [0.25, 0.3) is 11.8 Å². The number of nitrogens with one attached hydrogen (secondary N) is 1. The maximum atomic E-state index is 12.3. The molecule has 35 heavy (non-hydrogen) atoms. The van der Waals surface area contributed by atoms with Gasteiger partial charge < -0.3 is 24.3 Å². The van der Waals surface area contributed by atoms with Crippen LogP contribution in [0.3, 0.4) is 0 Å². The van der Waals surface area contributed by atoms with Gasteiger partial charge in [0.15, 0.2) is 0 Å². The van der Waals surface area contributed by atoms with Crippen molar-refractivity contribution in [3.8, 4) is 17.2 Å². The second kappa shape index (κ2) is 13.3. The van der Waals surface area contributed by atoms with Gasteiger partial charge in [0.25, 0.3) is 0 Å². The van der Waals surface area contributed by atoms with Crippen LogP contribution in [0.4, 0.5) is 0 Å². The highest BCUT2D eigenvalue weighted by atomic mass is 16.5. The van der Waals surface area contributed by atoms with Crippen LogP contribution in [0, 0.1) is 0 Å². The highest BCUT2D eigenvalue weighted by molar-refractivity contribution is 5.78. The van der Waals surface area contributed by atoms with E-state index in [1.165, 1.54) is 5.56 Å².